The highest BCUT2D eigenvalue weighted by Crippen LogP contribution is 2.57. The Hall–Kier alpha value is -2.28. The van der Waals surface area contributed by atoms with Crippen molar-refractivity contribution in [1.82, 2.24) is 0 Å². The van der Waals surface area contributed by atoms with Crippen molar-refractivity contribution in [2.75, 3.05) is 20.8 Å². The van der Waals surface area contributed by atoms with Gasteiger partial charge in [-0.25, -0.2) is 4.57 Å². The Balaban J connectivity index is 2.01. The average molecular weight is 548 g/mol. The quantitative estimate of drug-likeness (QED) is 0.275. The van der Waals surface area contributed by atoms with Gasteiger partial charge in [-0.2, -0.15) is 0 Å². The molecule has 1 unspecified atom stereocenters. The van der Waals surface area contributed by atoms with E-state index in [9.17, 15) is 4.57 Å². The minimum atomic E-state index is -3.55. The monoisotopic (exact) mass is 548 g/mol. The van der Waals surface area contributed by atoms with Crippen LogP contribution in [0.4, 0.5) is 0 Å². The van der Waals surface area contributed by atoms with Crippen molar-refractivity contribution in [3.63, 3.8) is 0 Å². The fourth-order valence-corrected chi connectivity index (χ4v) is 5.82. The van der Waals surface area contributed by atoms with E-state index in [0.717, 1.165) is 37.3 Å². The predicted octanol–water partition coefficient (Wildman–Crippen LogP) is 6.11. The molecular formula is C24H22IO5P. The first-order chi connectivity index (χ1) is 15.0. The average Bonchev–Trinajstić information content (AvgIpc) is 2.79. The summed E-state index contributed by atoms with van der Waals surface area (Å²) in [6.45, 7) is 2.08. The maximum Gasteiger partial charge on any atom is 0.411 e. The molecule has 31 heavy (non-hydrogen) atoms. The van der Waals surface area contributed by atoms with E-state index in [1.807, 2.05) is 73.7 Å². The first kappa shape index (κ1) is 21.9. The fourth-order valence-electron chi connectivity index (χ4n) is 3.53. The van der Waals surface area contributed by atoms with E-state index in [1.54, 1.807) is 14.2 Å². The number of rotatable bonds is 6. The summed E-state index contributed by atoms with van der Waals surface area (Å²) in [4.78, 5) is 0. The van der Waals surface area contributed by atoms with Crippen LogP contribution in [0.25, 0.3) is 11.3 Å². The number of halogens is 1. The molecule has 1 heterocycles. The smallest absolute Gasteiger partial charge is 0.411 e. The van der Waals surface area contributed by atoms with Crippen LogP contribution in [0, 0.1) is 3.57 Å². The van der Waals surface area contributed by atoms with Crippen molar-refractivity contribution in [1.29, 1.82) is 0 Å². The van der Waals surface area contributed by atoms with Gasteiger partial charge in [0.2, 0.25) is 0 Å². The number of hydrogen-bond acceptors (Lipinski definition) is 5. The lowest BCUT2D eigenvalue weighted by atomic mass is 9.94. The Bertz CT molecular complexity index is 1170. The molecule has 0 spiro atoms. The van der Waals surface area contributed by atoms with Crippen LogP contribution in [0.5, 0.6) is 11.5 Å². The molecular weight excluding hydrogens is 526 g/mol. The Morgan fingerprint density at radius 1 is 0.871 bits per heavy atom. The highest BCUT2D eigenvalue weighted by atomic mass is 127. The second-order valence-electron chi connectivity index (χ2n) is 6.83. The SMILES string of the molecule is CCOP1(=O)OC(c2ccc(OC)cc2)=C(c2ccc(OC)cc2)c2cc(I)ccc21. The normalized spacial score (nSPS) is 17.7. The van der Waals surface area contributed by atoms with Crippen LogP contribution in [0.3, 0.4) is 0 Å². The predicted molar refractivity (Wildman–Crippen MR) is 131 cm³/mol. The highest BCUT2D eigenvalue weighted by molar-refractivity contribution is 14.1. The third-order valence-electron chi connectivity index (χ3n) is 4.99. The van der Waals surface area contributed by atoms with Gasteiger partial charge in [0, 0.05) is 20.3 Å². The van der Waals surface area contributed by atoms with Gasteiger partial charge in [-0.15, -0.1) is 0 Å². The van der Waals surface area contributed by atoms with Crippen molar-refractivity contribution in [3.05, 3.63) is 87.0 Å². The van der Waals surface area contributed by atoms with Gasteiger partial charge in [0.1, 0.15) is 17.3 Å². The molecule has 4 rings (SSSR count). The number of fused-ring (bicyclic) bond motifs is 1. The summed E-state index contributed by atoms with van der Waals surface area (Å²) in [6.07, 6.45) is 0. The summed E-state index contributed by atoms with van der Waals surface area (Å²) in [7, 11) is -0.298. The van der Waals surface area contributed by atoms with E-state index in [0.29, 0.717) is 11.1 Å². The molecule has 1 aliphatic heterocycles. The fraction of sp³-hybridized carbons (Fsp3) is 0.167. The minimum Gasteiger partial charge on any atom is -0.497 e. The zero-order valence-corrected chi connectivity index (χ0v) is 20.5. The Labute approximate surface area is 195 Å². The molecule has 0 saturated heterocycles. The van der Waals surface area contributed by atoms with Crippen LogP contribution in [-0.2, 0) is 13.6 Å². The molecule has 1 aliphatic rings. The van der Waals surface area contributed by atoms with Gasteiger partial charge in [-0.05, 0) is 89.7 Å². The maximum atomic E-state index is 13.8. The minimum absolute atomic E-state index is 0.274. The third kappa shape index (κ3) is 4.25. The zero-order valence-electron chi connectivity index (χ0n) is 17.4. The summed E-state index contributed by atoms with van der Waals surface area (Å²) in [5.41, 5.74) is 3.41. The van der Waals surface area contributed by atoms with Gasteiger partial charge >= 0.3 is 7.60 Å². The number of ether oxygens (including phenoxy) is 2. The van der Waals surface area contributed by atoms with Gasteiger partial charge in [0.05, 0.1) is 26.1 Å². The molecule has 0 saturated carbocycles. The van der Waals surface area contributed by atoms with Gasteiger partial charge in [-0.3, -0.25) is 4.52 Å². The third-order valence-corrected chi connectivity index (χ3v) is 7.66. The summed E-state index contributed by atoms with van der Waals surface area (Å²) in [6, 6.07) is 21.0. The lowest BCUT2D eigenvalue weighted by Crippen LogP contribution is -2.21. The number of hydrogen-bond donors (Lipinski definition) is 0. The summed E-state index contributed by atoms with van der Waals surface area (Å²) < 4.78 is 37.4. The van der Waals surface area contributed by atoms with Gasteiger partial charge in [-0.1, -0.05) is 12.1 Å². The first-order valence-corrected chi connectivity index (χ1v) is 12.4. The second-order valence-corrected chi connectivity index (χ2v) is 9.99. The van der Waals surface area contributed by atoms with Crippen molar-refractivity contribution in [3.8, 4) is 11.5 Å². The van der Waals surface area contributed by atoms with E-state index >= 15 is 0 Å². The van der Waals surface area contributed by atoms with E-state index in [-0.39, 0.29) is 6.61 Å². The van der Waals surface area contributed by atoms with Crippen LogP contribution in [0.2, 0.25) is 0 Å². The lowest BCUT2D eigenvalue weighted by Gasteiger charge is -2.30. The van der Waals surface area contributed by atoms with E-state index in [4.69, 9.17) is 18.5 Å². The van der Waals surface area contributed by atoms with Crippen LogP contribution >= 0.6 is 30.2 Å². The highest BCUT2D eigenvalue weighted by Gasteiger charge is 2.39. The van der Waals surface area contributed by atoms with Gasteiger partial charge < -0.3 is 14.0 Å². The molecule has 160 valence electrons. The molecule has 3 aromatic rings. The Morgan fingerprint density at radius 3 is 2.00 bits per heavy atom. The van der Waals surface area contributed by atoms with Gasteiger partial charge in [0.25, 0.3) is 0 Å². The van der Waals surface area contributed by atoms with E-state index in [2.05, 4.69) is 22.6 Å². The summed E-state index contributed by atoms with van der Waals surface area (Å²) in [5.74, 6) is 2.00. The van der Waals surface area contributed by atoms with Crippen molar-refractivity contribution >= 4 is 46.8 Å². The molecule has 5 nitrogen and oxygen atoms in total. The molecule has 0 bridgehead atoms. The number of methoxy groups -OCH3 is 2. The molecule has 3 aromatic carbocycles. The van der Waals surface area contributed by atoms with Crippen molar-refractivity contribution in [2.24, 2.45) is 0 Å². The van der Waals surface area contributed by atoms with Crippen molar-refractivity contribution < 1.29 is 23.1 Å². The van der Waals surface area contributed by atoms with Crippen molar-refractivity contribution in [2.45, 2.75) is 6.92 Å². The molecule has 0 aromatic heterocycles. The molecule has 0 aliphatic carbocycles. The van der Waals surface area contributed by atoms with Crippen LogP contribution < -0.4 is 14.8 Å². The summed E-state index contributed by atoms with van der Waals surface area (Å²) >= 11 is 2.26. The molecule has 0 radical (unpaired) electrons. The van der Waals surface area contributed by atoms with Crippen LogP contribution in [0.15, 0.2) is 66.7 Å². The molecule has 7 heteroatoms. The Kier molecular flexibility index (Phi) is 6.42. The molecule has 0 N–H and O–H groups in total. The number of benzene rings is 3. The molecule has 0 amide bonds. The van der Waals surface area contributed by atoms with E-state index in [1.165, 1.54) is 0 Å². The second kappa shape index (κ2) is 9.07. The first-order valence-electron chi connectivity index (χ1n) is 9.77. The largest absolute Gasteiger partial charge is 0.497 e. The molecule has 0 fully saturated rings. The van der Waals surface area contributed by atoms with E-state index < -0.39 is 7.60 Å². The van der Waals surface area contributed by atoms with Crippen LogP contribution in [0.1, 0.15) is 23.6 Å². The topological polar surface area (TPSA) is 54.0 Å². The Morgan fingerprint density at radius 2 is 1.45 bits per heavy atom. The van der Waals surface area contributed by atoms with Gasteiger partial charge in [0.15, 0.2) is 0 Å². The van der Waals surface area contributed by atoms with Crippen LogP contribution in [-0.4, -0.2) is 20.8 Å². The molecule has 1 atom stereocenters. The summed E-state index contributed by atoms with van der Waals surface area (Å²) in [5, 5.41) is 0.567. The lowest BCUT2D eigenvalue weighted by molar-refractivity contribution is 0.279. The maximum absolute atomic E-state index is 13.8. The standard InChI is InChI=1S/C24H22IO5P/c1-4-29-31(26)22-14-9-18(25)15-21(22)23(16-5-10-19(27-2)11-6-16)24(30-31)17-7-12-20(28-3)13-8-17/h5-15H,4H2,1-3H3. The zero-order chi connectivity index (χ0) is 22.0.